The summed E-state index contributed by atoms with van der Waals surface area (Å²) in [4.78, 5) is 34.6. The minimum absolute atomic E-state index is 0.0971. The third kappa shape index (κ3) is 14.2. The third-order valence-corrected chi connectivity index (χ3v) is 7.68. The Bertz CT molecular complexity index is 751. The molecular formula is C26H49O13P. The Kier molecular flexibility index (Phi) is 18.3. The van der Waals surface area contributed by atoms with Crippen molar-refractivity contribution in [3.05, 3.63) is 0 Å². The van der Waals surface area contributed by atoms with E-state index < -0.39 is 75.7 Å². The average Bonchev–Trinajstić information content (AvgIpc) is 2.92. The van der Waals surface area contributed by atoms with E-state index in [1.54, 1.807) is 0 Å². The zero-order valence-electron chi connectivity index (χ0n) is 23.6. The van der Waals surface area contributed by atoms with Gasteiger partial charge >= 0.3 is 19.8 Å². The summed E-state index contributed by atoms with van der Waals surface area (Å²) in [5, 5.41) is 49.4. The Hall–Kier alpha value is -1.15. The monoisotopic (exact) mass is 600 g/mol. The van der Waals surface area contributed by atoms with Crippen molar-refractivity contribution >= 4 is 19.8 Å². The molecule has 0 aromatic carbocycles. The van der Waals surface area contributed by atoms with Gasteiger partial charge in [0.05, 0.1) is 6.61 Å². The molecule has 0 aromatic rings. The highest BCUT2D eigenvalue weighted by molar-refractivity contribution is 7.47. The number of phosphoric acid groups is 1. The number of phosphoric ester groups is 1. The van der Waals surface area contributed by atoms with Gasteiger partial charge < -0.3 is 39.9 Å². The van der Waals surface area contributed by atoms with Crippen LogP contribution in [0.25, 0.3) is 0 Å². The van der Waals surface area contributed by atoms with E-state index in [1.165, 1.54) is 0 Å². The van der Waals surface area contributed by atoms with Crippen molar-refractivity contribution in [1.82, 2.24) is 0 Å². The molecule has 14 heteroatoms. The molecular weight excluding hydrogens is 551 g/mol. The number of esters is 2. The van der Waals surface area contributed by atoms with E-state index >= 15 is 0 Å². The lowest BCUT2D eigenvalue weighted by Crippen LogP contribution is -2.64. The maximum atomic E-state index is 12.5. The maximum absolute atomic E-state index is 12.5. The van der Waals surface area contributed by atoms with Crippen molar-refractivity contribution in [3.63, 3.8) is 0 Å². The molecule has 1 fully saturated rings. The molecule has 40 heavy (non-hydrogen) atoms. The molecule has 1 aliphatic rings. The fraction of sp³-hybridized carbons (Fsp3) is 0.923. The number of aliphatic hydroxyl groups excluding tert-OH is 5. The van der Waals surface area contributed by atoms with E-state index in [1.807, 2.05) is 0 Å². The zero-order valence-corrected chi connectivity index (χ0v) is 24.5. The van der Waals surface area contributed by atoms with Gasteiger partial charge in [-0.3, -0.25) is 18.6 Å². The topological polar surface area (TPSA) is 210 Å². The van der Waals surface area contributed by atoms with Crippen LogP contribution >= 0.6 is 7.82 Å². The van der Waals surface area contributed by atoms with Gasteiger partial charge in [0.1, 0.15) is 43.2 Å². The lowest BCUT2D eigenvalue weighted by molar-refractivity contribution is -0.220. The molecule has 0 saturated heterocycles. The lowest BCUT2D eigenvalue weighted by Gasteiger charge is -2.41. The smallest absolute Gasteiger partial charge is 0.462 e. The molecule has 0 bridgehead atoms. The molecule has 0 aromatic heterocycles. The first-order valence-corrected chi connectivity index (χ1v) is 15.8. The fourth-order valence-electron chi connectivity index (χ4n) is 4.22. The van der Waals surface area contributed by atoms with Crippen LogP contribution in [0.4, 0.5) is 0 Å². The first-order valence-electron chi connectivity index (χ1n) is 14.3. The predicted molar refractivity (Wildman–Crippen MR) is 143 cm³/mol. The quantitative estimate of drug-likeness (QED) is 0.0632. The van der Waals surface area contributed by atoms with Crippen LogP contribution in [0.3, 0.4) is 0 Å². The number of ether oxygens (including phenoxy) is 2. The van der Waals surface area contributed by atoms with E-state index in [4.69, 9.17) is 18.5 Å². The molecule has 0 amide bonds. The largest absolute Gasteiger partial charge is 0.472 e. The molecule has 0 aliphatic heterocycles. The van der Waals surface area contributed by atoms with Crippen LogP contribution in [-0.4, -0.2) is 98.3 Å². The Morgan fingerprint density at radius 1 is 0.675 bits per heavy atom. The highest BCUT2D eigenvalue weighted by atomic mass is 31.2. The molecule has 236 valence electrons. The van der Waals surface area contributed by atoms with Gasteiger partial charge in [-0.2, -0.15) is 0 Å². The standard InChI is InChI=1S/C26H49O13P/c1-3-5-7-9-11-13-15-20(28)38-18(16-36-19(27)14-12-10-8-6-4-2)17-37-40(34,35)39-26-24(32)22(30)21(29)23(31)25(26)33/h18,21-26,29-33H,3-17H2,1-2H3,(H,34,35)/t18-,21?,22-,23-,24-,25+,26?/m1/s1. The van der Waals surface area contributed by atoms with Crippen LogP contribution in [0.1, 0.15) is 97.3 Å². The summed E-state index contributed by atoms with van der Waals surface area (Å²) in [7, 11) is -5.07. The highest BCUT2D eigenvalue weighted by Crippen LogP contribution is 2.47. The van der Waals surface area contributed by atoms with Crippen LogP contribution in [0.5, 0.6) is 0 Å². The SMILES string of the molecule is CCCCCCCCC(=O)O[C@H](COC(=O)CCCCCCC)COP(=O)(O)OC1[C@@H](O)[C@H](O)C(O)[C@@H](O)[C@H]1O. The average molecular weight is 601 g/mol. The highest BCUT2D eigenvalue weighted by Gasteiger charge is 2.51. The Morgan fingerprint density at radius 2 is 1.12 bits per heavy atom. The normalized spacial score (nSPS) is 27.1. The molecule has 8 atom stereocenters. The Balaban J connectivity index is 2.69. The van der Waals surface area contributed by atoms with Gasteiger partial charge in [0.25, 0.3) is 0 Å². The summed E-state index contributed by atoms with van der Waals surface area (Å²) in [6.45, 7) is 3.02. The number of carbonyl (C=O) groups excluding carboxylic acids is 2. The summed E-state index contributed by atoms with van der Waals surface area (Å²) < 4.78 is 32.7. The van der Waals surface area contributed by atoms with Crippen molar-refractivity contribution in [2.45, 2.75) is 140 Å². The third-order valence-electron chi connectivity index (χ3n) is 6.70. The van der Waals surface area contributed by atoms with Gasteiger partial charge in [-0.1, -0.05) is 71.6 Å². The Morgan fingerprint density at radius 3 is 1.65 bits per heavy atom. The summed E-state index contributed by atoms with van der Waals surface area (Å²) in [5.74, 6) is -1.13. The minimum atomic E-state index is -5.07. The van der Waals surface area contributed by atoms with E-state index in [2.05, 4.69) is 13.8 Å². The summed E-state index contributed by atoms with van der Waals surface area (Å²) in [6.07, 6.45) is -2.56. The summed E-state index contributed by atoms with van der Waals surface area (Å²) in [6, 6.07) is 0. The van der Waals surface area contributed by atoms with Crippen molar-refractivity contribution in [1.29, 1.82) is 0 Å². The van der Waals surface area contributed by atoms with Crippen LogP contribution < -0.4 is 0 Å². The number of aliphatic hydroxyl groups is 5. The van der Waals surface area contributed by atoms with Gasteiger partial charge in [-0.05, 0) is 12.8 Å². The van der Waals surface area contributed by atoms with E-state index in [0.29, 0.717) is 12.8 Å². The van der Waals surface area contributed by atoms with Crippen LogP contribution in [0.2, 0.25) is 0 Å². The van der Waals surface area contributed by atoms with Crippen LogP contribution in [0, 0.1) is 0 Å². The van der Waals surface area contributed by atoms with Crippen LogP contribution in [0.15, 0.2) is 0 Å². The molecule has 0 radical (unpaired) electrons. The lowest BCUT2D eigenvalue weighted by atomic mass is 9.85. The second-order valence-electron chi connectivity index (χ2n) is 10.3. The van der Waals surface area contributed by atoms with E-state index in [-0.39, 0.29) is 12.8 Å². The van der Waals surface area contributed by atoms with Gasteiger partial charge in [-0.25, -0.2) is 4.57 Å². The number of carbonyl (C=O) groups is 2. The van der Waals surface area contributed by atoms with Crippen LogP contribution in [-0.2, 0) is 32.7 Å². The predicted octanol–water partition coefficient (Wildman–Crippen LogP) is 1.87. The van der Waals surface area contributed by atoms with E-state index in [9.17, 15) is 44.6 Å². The van der Waals surface area contributed by atoms with Crippen molar-refractivity contribution in [3.8, 4) is 0 Å². The molecule has 1 aliphatic carbocycles. The number of unbranched alkanes of at least 4 members (excludes halogenated alkanes) is 9. The second kappa shape index (κ2) is 19.9. The maximum Gasteiger partial charge on any atom is 0.472 e. The van der Waals surface area contributed by atoms with Gasteiger partial charge in [0, 0.05) is 12.8 Å². The molecule has 3 unspecified atom stereocenters. The molecule has 1 rings (SSSR count). The summed E-state index contributed by atoms with van der Waals surface area (Å²) in [5.41, 5.74) is 0. The number of hydrogen-bond acceptors (Lipinski definition) is 12. The van der Waals surface area contributed by atoms with Gasteiger partial charge in [-0.15, -0.1) is 0 Å². The van der Waals surface area contributed by atoms with E-state index in [0.717, 1.165) is 57.8 Å². The molecule has 0 spiro atoms. The minimum Gasteiger partial charge on any atom is -0.462 e. The first-order chi connectivity index (χ1) is 18.9. The summed E-state index contributed by atoms with van der Waals surface area (Å²) >= 11 is 0. The van der Waals surface area contributed by atoms with Gasteiger partial charge in [0.15, 0.2) is 6.10 Å². The van der Waals surface area contributed by atoms with Crippen molar-refractivity contribution in [2.75, 3.05) is 13.2 Å². The fourth-order valence-corrected chi connectivity index (χ4v) is 5.20. The number of rotatable bonds is 21. The zero-order chi connectivity index (χ0) is 30.1. The number of hydrogen-bond donors (Lipinski definition) is 6. The molecule has 6 N–H and O–H groups in total. The van der Waals surface area contributed by atoms with Crippen molar-refractivity contribution < 1.29 is 63.1 Å². The second-order valence-corrected chi connectivity index (χ2v) is 11.7. The molecule has 1 saturated carbocycles. The van der Waals surface area contributed by atoms with Crippen molar-refractivity contribution in [2.24, 2.45) is 0 Å². The molecule has 13 nitrogen and oxygen atoms in total. The molecule has 0 heterocycles. The Labute approximate surface area is 236 Å². The first kappa shape index (κ1) is 36.9. The van der Waals surface area contributed by atoms with Gasteiger partial charge in [0.2, 0.25) is 0 Å².